The fourth-order valence-corrected chi connectivity index (χ4v) is 4.88. The summed E-state index contributed by atoms with van der Waals surface area (Å²) < 4.78 is 5.85. The Morgan fingerprint density at radius 1 is 0.875 bits per heavy atom. The third-order valence-corrected chi connectivity index (χ3v) is 6.51. The van der Waals surface area contributed by atoms with Crippen LogP contribution in [-0.2, 0) is 11.3 Å². The molecule has 1 saturated heterocycles. The van der Waals surface area contributed by atoms with E-state index in [1.807, 2.05) is 24.3 Å². The molecule has 0 radical (unpaired) electrons. The Balaban J connectivity index is 1.24. The van der Waals surface area contributed by atoms with Crippen LogP contribution in [0.15, 0.2) is 84.9 Å². The van der Waals surface area contributed by atoms with E-state index in [0.717, 1.165) is 38.2 Å². The highest BCUT2D eigenvalue weighted by Crippen LogP contribution is 2.37. The van der Waals surface area contributed by atoms with E-state index in [1.54, 1.807) is 0 Å². The molecular weight excluding hydrogens is 392 g/mol. The van der Waals surface area contributed by atoms with E-state index in [9.17, 15) is 0 Å². The molecule has 0 unspecified atom stereocenters. The molecule has 3 aromatic rings. The van der Waals surface area contributed by atoms with E-state index in [2.05, 4.69) is 71.6 Å². The molecule has 3 aromatic carbocycles. The van der Waals surface area contributed by atoms with E-state index in [4.69, 9.17) is 10.00 Å². The molecule has 0 N–H and O–H groups in total. The zero-order chi connectivity index (χ0) is 22.0. The Kier molecular flexibility index (Phi) is 8.09. The maximum Gasteiger partial charge on any atom is 0.0991 e. The normalized spacial score (nSPS) is 15.0. The van der Waals surface area contributed by atoms with Crippen LogP contribution in [0.2, 0.25) is 0 Å². The van der Waals surface area contributed by atoms with Crippen LogP contribution in [0.4, 0.5) is 0 Å². The lowest BCUT2D eigenvalue weighted by Gasteiger charge is -2.36. The second kappa shape index (κ2) is 11.6. The van der Waals surface area contributed by atoms with Crippen LogP contribution in [-0.4, -0.2) is 31.1 Å². The first-order chi connectivity index (χ1) is 15.8. The van der Waals surface area contributed by atoms with Crippen molar-refractivity contribution in [3.8, 4) is 6.07 Å². The van der Waals surface area contributed by atoms with Gasteiger partial charge < -0.3 is 9.64 Å². The molecule has 0 saturated carbocycles. The summed E-state index contributed by atoms with van der Waals surface area (Å²) in [6.45, 7) is 4.74. The van der Waals surface area contributed by atoms with Crippen LogP contribution in [0.1, 0.15) is 47.4 Å². The lowest BCUT2D eigenvalue weighted by atomic mass is 9.76. The zero-order valence-corrected chi connectivity index (χ0v) is 18.7. The quantitative estimate of drug-likeness (QED) is 0.395. The van der Waals surface area contributed by atoms with Crippen molar-refractivity contribution in [3.63, 3.8) is 0 Å². The smallest absolute Gasteiger partial charge is 0.0991 e. The van der Waals surface area contributed by atoms with E-state index < -0.39 is 0 Å². The minimum Gasteiger partial charge on any atom is -0.377 e. The monoisotopic (exact) mass is 424 g/mol. The molecule has 1 aliphatic heterocycles. The molecule has 164 valence electrons. The van der Waals surface area contributed by atoms with Gasteiger partial charge in [0.15, 0.2) is 0 Å². The number of benzene rings is 3. The summed E-state index contributed by atoms with van der Waals surface area (Å²) >= 11 is 0. The molecular formula is C29H32N2O. The number of piperidine rings is 1. The Morgan fingerprint density at radius 2 is 1.53 bits per heavy atom. The number of hydrogen-bond donors (Lipinski definition) is 0. The molecule has 3 heteroatoms. The first-order valence-electron chi connectivity index (χ1n) is 11.7. The second-order valence-electron chi connectivity index (χ2n) is 8.70. The molecule has 1 heterocycles. The summed E-state index contributed by atoms with van der Waals surface area (Å²) in [5.41, 5.74) is 4.63. The maximum atomic E-state index is 9.00. The van der Waals surface area contributed by atoms with Crippen molar-refractivity contribution in [2.75, 3.05) is 26.2 Å². The molecule has 1 fully saturated rings. The van der Waals surface area contributed by atoms with Crippen molar-refractivity contribution >= 4 is 0 Å². The lowest BCUT2D eigenvalue weighted by Crippen LogP contribution is -2.36. The van der Waals surface area contributed by atoms with Crippen LogP contribution in [0.25, 0.3) is 0 Å². The van der Waals surface area contributed by atoms with E-state index in [0.29, 0.717) is 24.0 Å². The fraction of sp³-hybridized carbons (Fsp3) is 0.345. The highest BCUT2D eigenvalue weighted by Gasteiger charge is 2.28. The Labute approximate surface area is 192 Å². The largest absolute Gasteiger partial charge is 0.377 e. The van der Waals surface area contributed by atoms with Gasteiger partial charge in [-0.2, -0.15) is 5.26 Å². The minimum absolute atomic E-state index is 0.479. The SMILES string of the molecule is N#Cc1cccc(COCCCN2CCC(C(c3ccccc3)c3ccccc3)CC2)c1. The molecule has 0 amide bonds. The Hall–Kier alpha value is -2.93. The number of ether oxygens (including phenoxy) is 1. The highest BCUT2D eigenvalue weighted by molar-refractivity contribution is 5.34. The number of nitrogens with zero attached hydrogens (tertiary/aromatic N) is 2. The first-order valence-corrected chi connectivity index (χ1v) is 11.7. The summed E-state index contributed by atoms with van der Waals surface area (Å²) in [5.74, 6) is 1.16. The zero-order valence-electron chi connectivity index (χ0n) is 18.7. The van der Waals surface area contributed by atoms with Gasteiger partial charge in [-0.05, 0) is 67.1 Å². The summed E-state index contributed by atoms with van der Waals surface area (Å²) in [6.07, 6.45) is 3.51. The van der Waals surface area contributed by atoms with Gasteiger partial charge in [-0.25, -0.2) is 0 Å². The van der Waals surface area contributed by atoms with Crippen molar-refractivity contribution in [1.82, 2.24) is 4.90 Å². The van der Waals surface area contributed by atoms with Crippen LogP contribution >= 0.6 is 0 Å². The summed E-state index contributed by atoms with van der Waals surface area (Å²) in [6, 6.07) is 31.9. The minimum atomic E-state index is 0.479. The van der Waals surface area contributed by atoms with Crippen molar-refractivity contribution in [3.05, 3.63) is 107 Å². The highest BCUT2D eigenvalue weighted by atomic mass is 16.5. The molecule has 0 aliphatic carbocycles. The van der Waals surface area contributed by atoms with Gasteiger partial charge in [0.2, 0.25) is 0 Å². The third kappa shape index (κ3) is 6.07. The van der Waals surface area contributed by atoms with Gasteiger partial charge in [-0.3, -0.25) is 0 Å². The van der Waals surface area contributed by atoms with Gasteiger partial charge in [0.05, 0.1) is 18.2 Å². The van der Waals surface area contributed by atoms with Crippen LogP contribution < -0.4 is 0 Å². The van der Waals surface area contributed by atoms with Crippen LogP contribution in [0.3, 0.4) is 0 Å². The molecule has 4 rings (SSSR count). The summed E-state index contributed by atoms with van der Waals surface area (Å²) in [7, 11) is 0. The molecule has 3 nitrogen and oxygen atoms in total. The predicted molar refractivity (Wildman–Crippen MR) is 129 cm³/mol. The third-order valence-electron chi connectivity index (χ3n) is 6.51. The van der Waals surface area contributed by atoms with E-state index >= 15 is 0 Å². The van der Waals surface area contributed by atoms with E-state index in [-0.39, 0.29) is 0 Å². The number of likely N-dealkylation sites (tertiary alicyclic amines) is 1. The van der Waals surface area contributed by atoms with Gasteiger partial charge in [-0.15, -0.1) is 0 Å². The standard InChI is InChI=1S/C29H32N2O/c30-22-24-9-7-10-25(21-24)23-32-20-8-17-31-18-15-28(16-19-31)29(26-11-3-1-4-12-26)27-13-5-2-6-14-27/h1-7,9-14,21,28-29H,8,15-20,23H2. The van der Waals surface area contributed by atoms with Crippen molar-refractivity contribution in [2.24, 2.45) is 5.92 Å². The molecule has 0 bridgehead atoms. The average molecular weight is 425 g/mol. The van der Waals surface area contributed by atoms with Crippen LogP contribution in [0.5, 0.6) is 0 Å². The molecule has 0 spiro atoms. The number of hydrogen-bond acceptors (Lipinski definition) is 3. The van der Waals surface area contributed by atoms with Crippen molar-refractivity contribution in [2.45, 2.75) is 31.8 Å². The van der Waals surface area contributed by atoms with Crippen molar-refractivity contribution < 1.29 is 4.74 Å². The van der Waals surface area contributed by atoms with Gasteiger partial charge >= 0.3 is 0 Å². The van der Waals surface area contributed by atoms with Gasteiger partial charge in [0.25, 0.3) is 0 Å². The molecule has 0 aromatic heterocycles. The Bertz CT molecular complexity index is 949. The van der Waals surface area contributed by atoms with Crippen LogP contribution in [0, 0.1) is 17.2 Å². The van der Waals surface area contributed by atoms with Gasteiger partial charge in [-0.1, -0.05) is 72.8 Å². The fourth-order valence-electron chi connectivity index (χ4n) is 4.88. The molecule has 0 atom stereocenters. The average Bonchev–Trinajstić information content (AvgIpc) is 2.86. The second-order valence-corrected chi connectivity index (χ2v) is 8.70. The number of rotatable bonds is 9. The lowest BCUT2D eigenvalue weighted by molar-refractivity contribution is 0.100. The van der Waals surface area contributed by atoms with E-state index in [1.165, 1.54) is 24.0 Å². The van der Waals surface area contributed by atoms with Crippen molar-refractivity contribution in [1.29, 1.82) is 5.26 Å². The molecule has 32 heavy (non-hydrogen) atoms. The predicted octanol–water partition coefficient (Wildman–Crippen LogP) is 6.01. The first kappa shape index (κ1) is 22.3. The number of nitriles is 1. The molecule has 1 aliphatic rings. The topological polar surface area (TPSA) is 36.3 Å². The summed E-state index contributed by atoms with van der Waals surface area (Å²) in [5, 5.41) is 9.00. The van der Waals surface area contributed by atoms with Gasteiger partial charge in [0.1, 0.15) is 0 Å². The Morgan fingerprint density at radius 3 is 2.16 bits per heavy atom. The summed E-state index contributed by atoms with van der Waals surface area (Å²) in [4.78, 5) is 2.59. The maximum absolute atomic E-state index is 9.00. The van der Waals surface area contributed by atoms with Gasteiger partial charge in [0, 0.05) is 19.1 Å².